The number of nitrogens with one attached hydrogen (secondary N) is 2. The second kappa shape index (κ2) is 6.03. The van der Waals surface area contributed by atoms with Crippen LogP contribution >= 0.6 is 0 Å². The lowest BCUT2D eigenvalue weighted by Crippen LogP contribution is -2.34. The fraction of sp³-hybridized carbons (Fsp3) is 0.500. The molecule has 1 saturated heterocycles. The Morgan fingerprint density at radius 1 is 1.31 bits per heavy atom. The molecule has 0 bridgehead atoms. The molecule has 0 unspecified atom stereocenters. The number of halogens is 2. The van der Waals surface area contributed by atoms with Crippen molar-refractivity contribution in [3.63, 3.8) is 0 Å². The highest BCUT2D eigenvalue weighted by atomic mass is 19.3. The molecule has 1 fully saturated rings. The molecule has 0 radical (unpaired) electrons. The zero-order chi connectivity index (χ0) is 18.6. The third kappa shape index (κ3) is 2.55. The maximum absolute atomic E-state index is 13.0. The Hall–Kier alpha value is -2.51. The van der Waals surface area contributed by atoms with Gasteiger partial charge in [0.15, 0.2) is 0 Å². The first-order chi connectivity index (χ1) is 12.4. The van der Waals surface area contributed by atoms with Gasteiger partial charge in [-0.25, -0.2) is 8.78 Å². The van der Waals surface area contributed by atoms with Crippen molar-refractivity contribution in [3.8, 4) is 0 Å². The largest absolute Gasteiger partial charge is 0.337 e. The molecule has 3 heterocycles. The van der Waals surface area contributed by atoms with Crippen molar-refractivity contribution in [3.05, 3.63) is 50.7 Å². The van der Waals surface area contributed by atoms with Crippen LogP contribution in [-0.4, -0.2) is 39.1 Å². The van der Waals surface area contributed by atoms with Crippen LogP contribution in [-0.2, 0) is 6.42 Å². The monoisotopic (exact) mass is 362 g/mol. The van der Waals surface area contributed by atoms with E-state index in [1.54, 1.807) is 17.0 Å². The van der Waals surface area contributed by atoms with Crippen LogP contribution in [0.1, 0.15) is 65.1 Å². The van der Waals surface area contributed by atoms with Gasteiger partial charge in [-0.3, -0.25) is 14.7 Å². The minimum Gasteiger partial charge on any atom is -0.337 e. The average molecular weight is 362 g/mol. The highest BCUT2D eigenvalue weighted by Gasteiger charge is 2.45. The van der Waals surface area contributed by atoms with E-state index in [4.69, 9.17) is 0 Å². The Bertz CT molecular complexity index is 918. The number of carbonyl (C=O) groups excluding carboxylic acids is 1. The number of carbonyl (C=O) groups is 1. The van der Waals surface area contributed by atoms with Gasteiger partial charge in [0.1, 0.15) is 11.3 Å². The Labute approximate surface area is 148 Å². The summed E-state index contributed by atoms with van der Waals surface area (Å²) in [6.07, 6.45) is -2.10. The zero-order valence-corrected chi connectivity index (χ0v) is 14.6. The summed E-state index contributed by atoms with van der Waals surface area (Å²) in [5.41, 5.74) is 1.65. The maximum atomic E-state index is 13.0. The molecule has 2 N–H and O–H groups in total. The molecule has 2 atom stereocenters. The quantitative estimate of drug-likeness (QED) is 0.880. The molecule has 6 nitrogen and oxygen atoms in total. The summed E-state index contributed by atoms with van der Waals surface area (Å²) < 4.78 is 26.0. The van der Waals surface area contributed by atoms with Gasteiger partial charge < -0.3 is 9.88 Å². The average Bonchev–Trinajstić information content (AvgIpc) is 3.24. The minimum atomic E-state index is -2.59. The van der Waals surface area contributed by atoms with Gasteiger partial charge in [0.05, 0.1) is 0 Å². The van der Waals surface area contributed by atoms with Gasteiger partial charge in [-0.2, -0.15) is 5.10 Å². The summed E-state index contributed by atoms with van der Waals surface area (Å²) in [5, 5.41) is 6.47. The summed E-state index contributed by atoms with van der Waals surface area (Å²) in [6, 6.07) is 3.33. The van der Waals surface area contributed by atoms with Crippen molar-refractivity contribution in [2.45, 2.75) is 38.5 Å². The van der Waals surface area contributed by atoms with Gasteiger partial charge in [-0.05, 0) is 30.4 Å². The van der Waals surface area contributed by atoms with Crippen molar-refractivity contribution < 1.29 is 13.6 Å². The van der Waals surface area contributed by atoms with Crippen LogP contribution in [0.2, 0.25) is 0 Å². The summed E-state index contributed by atoms with van der Waals surface area (Å²) in [4.78, 5) is 29.4. The number of fused-ring (bicyclic) bond motifs is 3. The lowest BCUT2D eigenvalue weighted by Gasteiger charge is -2.17. The van der Waals surface area contributed by atoms with E-state index in [0.29, 0.717) is 30.8 Å². The van der Waals surface area contributed by atoms with Crippen LogP contribution < -0.4 is 5.56 Å². The molecule has 0 aromatic carbocycles. The number of aromatic nitrogens is 3. The second-order valence-electron chi connectivity index (χ2n) is 7.39. The number of nitrogens with zero attached hydrogens (tertiary/aromatic N) is 2. The first-order valence-corrected chi connectivity index (χ1v) is 8.74. The molecule has 2 aromatic rings. The van der Waals surface area contributed by atoms with Crippen LogP contribution in [0.25, 0.3) is 0 Å². The van der Waals surface area contributed by atoms with Gasteiger partial charge in [0.2, 0.25) is 0 Å². The molecule has 0 saturated carbocycles. The van der Waals surface area contributed by atoms with Crippen LogP contribution in [0, 0.1) is 5.92 Å². The Balaban J connectivity index is 1.55. The first kappa shape index (κ1) is 16.9. The van der Waals surface area contributed by atoms with Gasteiger partial charge in [-0.1, -0.05) is 13.8 Å². The van der Waals surface area contributed by atoms with Gasteiger partial charge >= 0.3 is 0 Å². The normalized spacial score (nSPS) is 21.5. The Kier molecular flexibility index (Phi) is 3.93. The molecule has 2 aliphatic rings. The van der Waals surface area contributed by atoms with Crippen molar-refractivity contribution in [2.75, 3.05) is 13.1 Å². The van der Waals surface area contributed by atoms with E-state index in [1.165, 1.54) is 0 Å². The van der Waals surface area contributed by atoms with E-state index in [1.807, 2.05) is 13.8 Å². The Morgan fingerprint density at radius 3 is 2.73 bits per heavy atom. The number of rotatable bonds is 3. The van der Waals surface area contributed by atoms with Crippen LogP contribution in [0.3, 0.4) is 0 Å². The predicted octanol–water partition coefficient (Wildman–Crippen LogP) is 2.57. The minimum absolute atomic E-state index is 0.0250. The van der Waals surface area contributed by atoms with Crippen LogP contribution in [0.5, 0.6) is 0 Å². The fourth-order valence-electron chi connectivity index (χ4n) is 4.09. The molecular formula is C18H20F2N4O2. The molecule has 4 rings (SSSR count). The summed E-state index contributed by atoms with van der Waals surface area (Å²) in [5.74, 6) is -0.0791. The SMILES string of the molecule is CC(C)c1ccc(C(=O)N2C[C@H]3Cc4c(C(F)F)n[nH]c4[C@H]3C2)c(=O)[nH]1. The van der Waals surface area contributed by atoms with Crippen molar-refractivity contribution in [1.29, 1.82) is 0 Å². The number of alkyl halides is 2. The molecule has 26 heavy (non-hydrogen) atoms. The topological polar surface area (TPSA) is 81.8 Å². The van der Waals surface area contributed by atoms with Gasteiger partial charge in [0.25, 0.3) is 17.9 Å². The number of amides is 1. The van der Waals surface area contributed by atoms with Crippen LogP contribution in [0.15, 0.2) is 16.9 Å². The number of hydrogen-bond donors (Lipinski definition) is 2. The summed E-state index contributed by atoms with van der Waals surface area (Å²) in [7, 11) is 0. The zero-order valence-electron chi connectivity index (χ0n) is 14.6. The number of aromatic amines is 2. The first-order valence-electron chi connectivity index (χ1n) is 8.74. The van der Waals surface area contributed by atoms with E-state index in [-0.39, 0.29) is 40.5 Å². The van der Waals surface area contributed by atoms with Gasteiger partial charge in [-0.15, -0.1) is 0 Å². The smallest absolute Gasteiger partial charge is 0.282 e. The van der Waals surface area contributed by atoms with E-state index in [9.17, 15) is 18.4 Å². The Morgan fingerprint density at radius 2 is 2.08 bits per heavy atom. The number of hydrogen-bond acceptors (Lipinski definition) is 3. The molecule has 1 aliphatic heterocycles. The van der Waals surface area contributed by atoms with E-state index in [2.05, 4.69) is 15.2 Å². The molecule has 8 heteroatoms. The highest BCUT2D eigenvalue weighted by Crippen LogP contribution is 2.44. The van der Waals surface area contributed by atoms with Crippen molar-refractivity contribution in [1.82, 2.24) is 20.1 Å². The number of H-pyrrole nitrogens is 2. The fourth-order valence-corrected chi connectivity index (χ4v) is 4.09. The third-order valence-corrected chi connectivity index (χ3v) is 5.49. The van der Waals surface area contributed by atoms with E-state index >= 15 is 0 Å². The maximum Gasteiger partial charge on any atom is 0.282 e. The van der Waals surface area contributed by atoms with E-state index < -0.39 is 6.43 Å². The highest BCUT2D eigenvalue weighted by molar-refractivity contribution is 5.94. The molecule has 1 amide bonds. The summed E-state index contributed by atoms with van der Waals surface area (Å²) in [6.45, 7) is 4.79. The number of likely N-dealkylation sites (tertiary alicyclic amines) is 1. The van der Waals surface area contributed by atoms with Crippen molar-refractivity contribution >= 4 is 5.91 Å². The molecule has 2 aromatic heterocycles. The molecule has 1 aliphatic carbocycles. The molecular weight excluding hydrogens is 342 g/mol. The third-order valence-electron chi connectivity index (χ3n) is 5.49. The molecule has 138 valence electrons. The lowest BCUT2D eigenvalue weighted by atomic mass is 9.99. The number of pyridine rings is 1. The lowest BCUT2D eigenvalue weighted by molar-refractivity contribution is 0.0783. The van der Waals surface area contributed by atoms with E-state index in [0.717, 1.165) is 5.69 Å². The second-order valence-corrected chi connectivity index (χ2v) is 7.39. The molecule has 0 spiro atoms. The van der Waals surface area contributed by atoms with Crippen LogP contribution in [0.4, 0.5) is 8.78 Å². The summed E-state index contributed by atoms with van der Waals surface area (Å²) >= 11 is 0. The predicted molar refractivity (Wildman–Crippen MR) is 90.5 cm³/mol. The van der Waals surface area contributed by atoms with Crippen molar-refractivity contribution in [2.24, 2.45) is 5.92 Å². The van der Waals surface area contributed by atoms with Gasteiger partial charge in [0, 0.05) is 36.0 Å². The standard InChI is InChI=1S/C18H20F2N4O2/c1-8(2)13-4-3-10(17(25)21-13)18(26)24-6-9-5-11-14(12(9)7-24)22-23-15(11)16(19)20/h3-4,8-9,12,16H,5-7H2,1-2H3,(H,21,25)(H,22,23)/t9-,12+/m1/s1.